The van der Waals surface area contributed by atoms with Crippen LogP contribution in [-0.2, 0) is 5.41 Å². The summed E-state index contributed by atoms with van der Waals surface area (Å²) in [5.41, 5.74) is 2.27. The molecule has 0 saturated carbocycles. The molecule has 0 aliphatic rings. The minimum Gasteiger partial charge on any atom is -0.435 e. The first kappa shape index (κ1) is 17.9. The maximum atomic E-state index is 12.2. The molecule has 0 aliphatic carbocycles. The molecule has 0 amide bonds. The molecule has 2 rings (SSSR count). The van der Waals surface area contributed by atoms with Crippen LogP contribution in [0.15, 0.2) is 42.5 Å². The van der Waals surface area contributed by atoms with Crippen LogP contribution in [0.25, 0.3) is 0 Å². The molecule has 0 fully saturated rings. The molecule has 0 aliphatic heterocycles. The number of esters is 1. The predicted molar refractivity (Wildman–Crippen MR) is 87.9 cm³/mol. The first-order chi connectivity index (χ1) is 11.2. The van der Waals surface area contributed by atoms with Gasteiger partial charge in [-0.05, 0) is 53.8 Å². The van der Waals surface area contributed by atoms with E-state index in [0.717, 1.165) is 11.1 Å². The van der Waals surface area contributed by atoms with Gasteiger partial charge in [-0.2, -0.15) is 8.78 Å². The second-order valence-electron chi connectivity index (χ2n) is 6.52. The highest BCUT2D eigenvalue weighted by atomic mass is 19.3. The lowest BCUT2D eigenvalue weighted by Gasteiger charge is -2.20. The van der Waals surface area contributed by atoms with E-state index in [-0.39, 0.29) is 16.7 Å². The summed E-state index contributed by atoms with van der Waals surface area (Å²) >= 11 is 0. The van der Waals surface area contributed by atoms with Crippen LogP contribution >= 0.6 is 0 Å². The Labute approximate surface area is 140 Å². The van der Waals surface area contributed by atoms with Gasteiger partial charge >= 0.3 is 12.6 Å². The Morgan fingerprint density at radius 1 is 1.04 bits per heavy atom. The highest BCUT2D eigenvalue weighted by Gasteiger charge is 2.16. The first-order valence-electron chi connectivity index (χ1n) is 7.55. The van der Waals surface area contributed by atoms with Crippen molar-refractivity contribution in [2.24, 2.45) is 0 Å². The first-order valence-corrected chi connectivity index (χ1v) is 7.55. The molecular weight excluding hydrogens is 314 g/mol. The van der Waals surface area contributed by atoms with E-state index in [1.165, 1.54) is 24.3 Å². The number of aryl methyl sites for hydroxylation is 1. The summed E-state index contributed by atoms with van der Waals surface area (Å²) in [6.45, 7) is 5.30. The molecule has 0 unspecified atom stereocenters. The molecule has 24 heavy (non-hydrogen) atoms. The monoisotopic (exact) mass is 334 g/mol. The number of hydrogen-bond donors (Lipinski definition) is 0. The van der Waals surface area contributed by atoms with Gasteiger partial charge in [0.1, 0.15) is 11.5 Å². The Bertz CT molecular complexity index is 716. The third-order valence-corrected chi connectivity index (χ3v) is 3.56. The third kappa shape index (κ3) is 4.54. The average molecular weight is 334 g/mol. The Morgan fingerprint density at radius 3 is 2.17 bits per heavy atom. The van der Waals surface area contributed by atoms with Crippen molar-refractivity contribution in [1.29, 1.82) is 0 Å². The van der Waals surface area contributed by atoms with Gasteiger partial charge in [0, 0.05) is 0 Å². The summed E-state index contributed by atoms with van der Waals surface area (Å²) < 4.78 is 33.9. The second kappa shape index (κ2) is 6.99. The molecule has 0 saturated heterocycles. The topological polar surface area (TPSA) is 35.5 Å². The molecule has 2 aromatic rings. The number of halogens is 2. The van der Waals surface area contributed by atoms with E-state index in [4.69, 9.17) is 4.74 Å². The van der Waals surface area contributed by atoms with E-state index in [0.29, 0.717) is 5.75 Å². The fourth-order valence-corrected chi connectivity index (χ4v) is 2.16. The molecule has 3 nitrogen and oxygen atoms in total. The van der Waals surface area contributed by atoms with Gasteiger partial charge in [0.15, 0.2) is 0 Å². The zero-order chi connectivity index (χ0) is 17.9. The van der Waals surface area contributed by atoms with Crippen LogP contribution in [0.1, 0.15) is 42.3 Å². The summed E-state index contributed by atoms with van der Waals surface area (Å²) in [5.74, 6) is -0.0848. The van der Waals surface area contributed by atoms with Crippen LogP contribution in [0, 0.1) is 6.92 Å². The van der Waals surface area contributed by atoms with Crippen molar-refractivity contribution < 1.29 is 23.0 Å². The molecule has 2 aromatic carbocycles. The van der Waals surface area contributed by atoms with Gasteiger partial charge in [-0.3, -0.25) is 0 Å². The number of hydrogen-bond acceptors (Lipinski definition) is 3. The SMILES string of the molecule is Cc1cc(C(C)(C)C)ccc1OC(=O)c1ccc(OC(F)F)cc1. The number of rotatable bonds is 4. The van der Waals surface area contributed by atoms with E-state index in [9.17, 15) is 13.6 Å². The predicted octanol–water partition coefficient (Wildman–Crippen LogP) is 5.11. The lowest BCUT2D eigenvalue weighted by molar-refractivity contribution is -0.0498. The summed E-state index contributed by atoms with van der Waals surface area (Å²) in [4.78, 5) is 12.2. The standard InChI is InChI=1S/C19H20F2O3/c1-12-11-14(19(2,3)4)7-10-16(12)24-17(22)13-5-8-15(9-6-13)23-18(20)21/h5-11,18H,1-4H3. The molecule has 128 valence electrons. The molecule has 0 bridgehead atoms. The molecule has 0 heterocycles. The molecule has 0 aromatic heterocycles. The summed E-state index contributed by atoms with van der Waals surface area (Å²) in [6, 6.07) is 11.1. The quantitative estimate of drug-likeness (QED) is 0.575. The molecule has 0 radical (unpaired) electrons. The van der Waals surface area contributed by atoms with E-state index in [1.54, 1.807) is 6.07 Å². The Morgan fingerprint density at radius 2 is 1.67 bits per heavy atom. The zero-order valence-electron chi connectivity index (χ0n) is 14.1. The number of ether oxygens (including phenoxy) is 2. The van der Waals surface area contributed by atoms with Crippen molar-refractivity contribution in [3.05, 3.63) is 59.2 Å². The Kier molecular flexibility index (Phi) is 5.22. The minimum atomic E-state index is -2.90. The largest absolute Gasteiger partial charge is 0.435 e. The van der Waals surface area contributed by atoms with Crippen molar-refractivity contribution >= 4 is 5.97 Å². The van der Waals surface area contributed by atoms with Crippen molar-refractivity contribution in [3.8, 4) is 11.5 Å². The van der Waals surface area contributed by atoms with Crippen molar-refractivity contribution in [2.45, 2.75) is 39.7 Å². The van der Waals surface area contributed by atoms with Gasteiger partial charge in [0.2, 0.25) is 0 Å². The number of benzene rings is 2. The lowest BCUT2D eigenvalue weighted by Crippen LogP contribution is -2.13. The third-order valence-electron chi connectivity index (χ3n) is 3.56. The molecule has 5 heteroatoms. The Hall–Kier alpha value is -2.43. The summed E-state index contributed by atoms with van der Waals surface area (Å²) in [7, 11) is 0. The lowest BCUT2D eigenvalue weighted by atomic mass is 9.86. The fourth-order valence-electron chi connectivity index (χ4n) is 2.16. The number of carbonyl (C=O) groups is 1. The Balaban J connectivity index is 2.12. The summed E-state index contributed by atoms with van der Waals surface area (Å²) in [5, 5.41) is 0. The molecule has 0 N–H and O–H groups in total. The second-order valence-corrected chi connectivity index (χ2v) is 6.52. The van der Waals surface area contributed by atoms with Crippen LogP contribution in [0.3, 0.4) is 0 Å². The van der Waals surface area contributed by atoms with Gasteiger partial charge in [-0.25, -0.2) is 4.79 Å². The normalized spacial score (nSPS) is 11.5. The summed E-state index contributed by atoms with van der Waals surface area (Å²) in [6.07, 6.45) is 0. The van der Waals surface area contributed by atoms with E-state index in [2.05, 4.69) is 25.5 Å². The minimum absolute atomic E-state index is 0.00717. The van der Waals surface area contributed by atoms with Gasteiger partial charge in [-0.1, -0.05) is 32.9 Å². The van der Waals surface area contributed by atoms with Crippen LogP contribution in [0.2, 0.25) is 0 Å². The average Bonchev–Trinajstić information content (AvgIpc) is 2.48. The zero-order valence-corrected chi connectivity index (χ0v) is 14.1. The molecule has 0 spiro atoms. The van der Waals surface area contributed by atoms with Gasteiger partial charge < -0.3 is 9.47 Å². The van der Waals surface area contributed by atoms with Crippen LogP contribution in [0.5, 0.6) is 11.5 Å². The van der Waals surface area contributed by atoms with E-state index in [1.807, 2.05) is 19.1 Å². The van der Waals surface area contributed by atoms with Crippen LogP contribution in [0.4, 0.5) is 8.78 Å². The van der Waals surface area contributed by atoms with Crippen LogP contribution < -0.4 is 9.47 Å². The van der Waals surface area contributed by atoms with Gasteiger partial charge in [0.25, 0.3) is 0 Å². The van der Waals surface area contributed by atoms with Crippen molar-refractivity contribution in [3.63, 3.8) is 0 Å². The van der Waals surface area contributed by atoms with Crippen molar-refractivity contribution in [2.75, 3.05) is 0 Å². The van der Waals surface area contributed by atoms with E-state index >= 15 is 0 Å². The van der Waals surface area contributed by atoms with E-state index < -0.39 is 12.6 Å². The smallest absolute Gasteiger partial charge is 0.387 e. The highest BCUT2D eigenvalue weighted by molar-refractivity contribution is 5.91. The number of alkyl halides is 2. The highest BCUT2D eigenvalue weighted by Crippen LogP contribution is 2.28. The molecular formula is C19H20F2O3. The number of carbonyl (C=O) groups excluding carboxylic acids is 1. The van der Waals surface area contributed by atoms with Crippen molar-refractivity contribution in [1.82, 2.24) is 0 Å². The van der Waals surface area contributed by atoms with Crippen LogP contribution in [-0.4, -0.2) is 12.6 Å². The molecule has 0 atom stereocenters. The fraction of sp³-hybridized carbons (Fsp3) is 0.316. The maximum absolute atomic E-state index is 12.2. The van der Waals surface area contributed by atoms with Gasteiger partial charge in [-0.15, -0.1) is 0 Å². The van der Waals surface area contributed by atoms with Gasteiger partial charge in [0.05, 0.1) is 5.56 Å². The maximum Gasteiger partial charge on any atom is 0.387 e.